The molecule has 0 aliphatic heterocycles. The maximum absolute atomic E-state index is 12.3. The van der Waals surface area contributed by atoms with Crippen LogP contribution in [0.4, 0.5) is 0 Å². The standard InChI is InChI=1S/C13H16N2O3/c1-17-10-8-14-11(13(15-10)18-2)12(16)9-6-4-3-5-7-9/h6,8H,3-5,7H2,1-2H3. The summed E-state index contributed by atoms with van der Waals surface area (Å²) in [6.45, 7) is 0. The zero-order chi connectivity index (χ0) is 13.0. The number of allylic oxidation sites excluding steroid dienone is 2. The Balaban J connectivity index is 2.32. The summed E-state index contributed by atoms with van der Waals surface area (Å²) in [7, 11) is 2.96. The molecular weight excluding hydrogens is 232 g/mol. The molecule has 0 saturated heterocycles. The number of carbonyl (C=O) groups excluding carboxylic acids is 1. The van der Waals surface area contributed by atoms with Crippen molar-refractivity contribution in [2.24, 2.45) is 0 Å². The fourth-order valence-corrected chi connectivity index (χ4v) is 1.95. The molecule has 1 aromatic rings. The van der Waals surface area contributed by atoms with E-state index in [0.29, 0.717) is 5.88 Å². The molecule has 0 N–H and O–H groups in total. The van der Waals surface area contributed by atoms with Crippen LogP contribution in [0.2, 0.25) is 0 Å². The lowest BCUT2D eigenvalue weighted by atomic mass is 9.95. The Morgan fingerprint density at radius 3 is 2.72 bits per heavy atom. The first-order valence-electron chi connectivity index (χ1n) is 5.95. The number of carbonyl (C=O) groups is 1. The molecule has 0 atom stereocenters. The van der Waals surface area contributed by atoms with Crippen molar-refractivity contribution < 1.29 is 14.3 Å². The molecule has 5 nitrogen and oxygen atoms in total. The monoisotopic (exact) mass is 248 g/mol. The van der Waals surface area contributed by atoms with Crippen LogP contribution < -0.4 is 9.47 Å². The lowest BCUT2D eigenvalue weighted by molar-refractivity contribution is 0.102. The van der Waals surface area contributed by atoms with E-state index in [1.165, 1.54) is 20.4 Å². The third-order valence-electron chi connectivity index (χ3n) is 2.92. The minimum Gasteiger partial charge on any atom is -0.480 e. The van der Waals surface area contributed by atoms with Crippen LogP contribution in [0, 0.1) is 0 Å². The third-order valence-corrected chi connectivity index (χ3v) is 2.92. The van der Waals surface area contributed by atoms with E-state index in [1.54, 1.807) is 0 Å². The van der Waals surface area contributed by atoms with E-state index in [2.05, 4.69) is 9.97 Å². The Morgan fingerprint density at radius 2 is 2.11 bits per heavy atom. The summed E-state index contributed by atoms with van der Waals surface area (Å²) in [5.74, 6) is 0.452. The molecule has 0 amide bonds. The molecule has 1 aliphatic carbocycles. The van der Waals surface area contributed by atoms with Crippen LogP contribution in [0.3, 0.4) is 0 Å². The van der Waals surface area contributed by atoms with Gasteiger partial charge in [-0.25, -0.2) is 4.98 Å². The van der Waals surface area contributed by atoms with Crippen molar-refractivity contribution in [2.75, 3.05) is 14.2 Å². The second kappa shape index (κ2) is 5.62. The Morgan fingerprint density at radius 1 is 1.28 bits per heavy atom. The van der Waals surface area contributed by atoms with Crippen LogP contribution in [0.25, 0.3) is 0 Å². The topological polar surface area (TPSA) is 61.3 Å². The second-order valence-electron chi connectivity index (χ2n) is 4.07. The van der Waals surface area contributed by atoms with Crippen molar-refractivity contribution in [1.82, 2.24) is 9.97 Å². The molecule has 0 saturated carbocycles. The zero-order valence-corrected chi connectivity index (χ0v) is 10.6. The van der Waals surface area contributed by atoms with E-state index in [1.807, 2.05) is 6.08 Å². The highest BCUT2D eigenvalue weighted by molar-refractivity contribution is 6.08. The van der Waals surface area contributed by atoms with Gasteiger partial charge in [-0.1, -0.05) is 6.08 Å². The number of Topliss-reactive ketones (excluding diaryl/α,β-unsaturated/α-hetero) is 1. The smallest absolute Gasteiger partial charge is 0.247 e. The molecule has 0 fully saturated rings. The van der Waals surface area contributed by atoms with Crippen molar-refractivity contribution in [3.05, 3.63) is 23.5 Å². The van der Waals surface area contributed by atoms with Gasteiger partial charge in [0.1, 0.15) is 0 Å². The number of ether oxygens (including phenoxy) is 2. The predicted molar refractivity (Wildman–Crippen MR) is 66.0 cm³/mol. The van der Waals surface area contributed by atoms with Gasteiger partial charge in [0, 0.05) is 0 Å². The minimum absolute atomic E-state index is 0.0956. The van der Waals surface area contributed by atoms with Crippen molar-refractivity contribution >= 4 is 5.78 Å². The van der Waals surface area contributed by atoms with Gasteiger partial charge < -0.3 is 9.47 Å². The van der Waals surface area contributed by atoms with Crippen LogP contribution >= 0.6 is 0 Å². The highest BCUT2D eigenvalue weighted by atomic mass is 16.5. The summed E-state index contributed by atoms with van der Waals surface area (Å²) in [4.78, 5) is 20.5. The molecule has 18 heavy (non-hydrogen) atoms. The predicted octanol–water partition coefficient (Wildman–Crippen LogP) is 2.18. The molecule has 0 spiro atoms. The molecule has 1 heterocycles. The largest absolute Gasteiger partial charge is 0.480 e. The van der Waals surface area contributed by atoms with E-state index in [-0.39, 0.29) is 17.4 Å². The summed E-state index contributed by atoms with van der Waals surface area (Å²) in [5.41, 5.74) is 1.06. The molecule has 0 unspecified atom stereocenters. The van der Waals surface area contributed by atoms with Gasteiger partial charge in [-0.05, 0) is 31.3 Å². The lowest BCUT2D eigenvalue weighted by Crippen LogP contribution is -2.11. The highest BCUT2D eigenvalue weighted by Gasteiger charge is 2.21. The lowest BCUT2D eigenvalue weighted by Gasteiger charge is -2.12. The van der Waals surface area contributed by atoms with Gasteiger partial charge in [0.15, 0.2) is 5.69 Å². The molecule has 0 radical (unpaired) electrons. The number of nitrogens with zero attached hydrogens (tertiary/aromatic N) is 2. The van der Waals surface area contributed by atoms with Crippen LogP contribution in [0.15, 0.2) is 17.8 Å². The van der Waals surface area contributed by atoms with Crippen molar-refractivity contribution in [3.63, 3.8) is 0 Å². The normalized spacial score (nSPS) is 14.9. The third kappa shape index (κ3) is 2.50. The Kier molecular flexibility index (Phi) is 3.92. The molecule has 96 valence electrons. The second-order valence-corrected chi connectivity index (χ2v) is 4.07. The molecule has 1 aliphatic rings. The quantitative estimate of drug-likeness (QED) is 0.764. The van der Waals surface area contributed by atoms with Gasteiger partial charge in [0.25, 0.3) is 0 Å². The molecular formula is C13H16N2O3. The zero-order valence-electron chi connectivity index (χ0n) is 10.6. The van der Waals surface area contributed by atoms with Gasteiger partial charge in [-0.15, -0.1) is 0 Å². The van der Waals surface area contributed by atoms with Crippen LogP contribution in [-0.4, -0.2) is 30.0 Å². The minimum atomic E-state index is -0.0956. The van der Waals surface area contributed by atoms with E-state index >= 15 is 0 Å². The average molecular weight is 248 g/mol. The first kappa shape index (κ1) is 12.5. The Bertz CT molecular complexity index is 483. The van der Waals surface area contributed by atoms with Gasteiger partial charge in [-0.3, -0.25) is 4.79 Å². The van der Waals surface area contributed by atoms with Crippen molar-refractivity contribution in [1.29, 1.82) is 0 Å². The number of methoxy groups -OCH3 is 2. The molecule has 1 aromatic heterocycles. The van der Waals surface area contributed by atoms with Gasteiger partial charge in [0.05, 0.1) is 20.4 Å². The summed E-state index contributed by atoms with van der Waals surface area (Å²) in [5, 5.41) is 0. The molecule has 5 heteroatoms. The van der Waals surface area contributed by atoms with Crippen LogP contribution in [0.1, 0.15) is 36.2 Å². The first-order valence-corrected chi connectivity index (χ1v) is 5.95. The van der Waals surface area contributed by atoms with E-state index < -0.39 is 0 Å². The fraction of sp³-hybridized carbons (Fsp3) is 0.462. The number of rotatable bonds is 4. The number of hydrogen-bond donors (Lipinski definition) is 0. The molecule has 0 bridgehead atoms. The Hall–Kier alpha value is -1.91. The average Bonchev–Trinajstić information content (AvgIpc) is 2.46. The summed E-state index contributed by atoms with van der Waals surface area (Å²) < 4.78 is 10.1. The maximum Gasteiger partial charge on any atom is 0.247 e. The Labute approximate surface area is 106 Å². The number of ketones is 1. The molecule has 2 rings (SSSR count). The van der Waals surface area contributed by atoms with Gasteiger partial charge in [0.2, 0.25) is 17.5 Å². The fourth-order valence-electron chi connectivity index (χ4n) is 1.95. The SMILES string of the molecule is COc1cnc(C(=O)C2=CCCCC2)c(OC)n1. The van der Waals surface area contributed by atoms with Gasteiger partial charge in [-0.2, -0.15) is 4.98 Å². The van der Waals surface area contributed by atoms with Gasteiger partial charge >= 0.3 is 0 Å². The van der Waals surface area contributed by atoms with Crippen molar-refractivity contribution in [2.45, 2.75) is 25.7 Å². The number of aromatic nitrogens is 2. The van der Waals surface area contributed by atoms with Crippen LogP contribution in [0.5, 0.6) is 11.8 Å². The molecule has 0 aromatic carbocycles. The summed E-state index contributed by atoms with van der Waals surface area (Å²) >= 11 is 0. The summed E-state index contributed by atoms with van der Waals surface area (Å²) in [6, 6.07) is 0. The summed E-state index contributed by atoms with van der Waals surface area (Å²) in [6.07, 6.45) is 7.35. The van der Waals surface area contributed by atoms with E-state index in [9.17, 15) is 4.79 Å². The van der Waals surface area contributed by atoms with E-state index in [4.69, 9.17) is 9.47 Å². The first-order chi connectivity index (χ1) is 8.76. The highest BCUT2D eigenvalue weighted by Crippen LogP contribution is 2.25. The van der Waals surface area contributed by atoms with Crippen LogP contribution in [-0.2, 0) is 0 Å². The van der Waals surface area contributed by atoms with Crippen molar-refractivity contribution in [3.8, 4) is 11.8 Å². The maximum atomic E-state index is 12.3. The number of hydrogen-bond acceptors (Lipinski definition) is 5. The van der Waals surface area contributed by atoms with E-state index in [0.717, 1.165) is 31.3 Å².